The van der Waals surface area contributed by atoms with Crippen molar-refractivity contribution in [2.24, 2.45) is 0 Å². The molecule has 0 heterocycles. The van der Waals surface area contributed by atoms with Gasteiger partial charge in [0.25, 0.3) is 0 Å². The molecule has 1 atom stereocenters. The highest BCUT2D eigenvalue weighted by atomic mass is 16.5. The van der Waals surface area contributed by atoms with Gasteiger partial charge in [0, 0.05) is 6.42 Å². The highest BCUT2D eigenvalue weighted by molar-refractivity contribution is 5.70. The van der Waals surface area contributed by atoms with Gasteiger partial charge in [-0.15, -0.1) is 0 Å². The topological polar surface area (TPSA) is 65.0 Å². The lowest BCUT2D eigenvalue weighted by molar-refractivity contribution is -0.148. The van der Waals surface area contributed by atoms with Gasteiger partial charge in [-0.05, 0) is 31.5 Å². The summed E-state index contributed by atoms with van der Waals surface area (Å²) in [5.74, 6) is 0.816. The molecule has 112 valence electrons. The summed E-state index contributed by atoms with van der Waals surface area (Å²) in [6, 6.07) is 5.40. The number of carbonyl (C=O) groups excluding carboxylic acids is 1. The van der Waals surface area contributed by atoms with Gasteiger partial charge < -0.3 is 19.3 Å². The average Bonchev–Trinajstić information content (AvgIpc) is 2.37. The SMILES string of the molecule is CCOC(=O)CC(C)(O)Cc1ccc(OC)c(OC)c1. The maximum atomic E-state index is 11.4. The molecule has 0 radical (unpaired) electrons. The van der Waals surface area contributed by atoms with E-state index in [2.05, 4.69) is 0 Å². The maximum absolute atomic E-state index is 11.4. The Hall–Kier alpha value is -1.75. The number of esters is 1. The first-order valence-corrected chi connectivity index (χ1v) is 6.50. The third-order valence-corrected chi connectivity index (χ3v) is 2.86. The van der Waals surface area contributed by atoms with Crippen molar-refractivity contribution in [2.75, 3.05) is 20.8 Å². The lowest BCUT2D eigenvalue weighted by Crippen LogP contribution is -2.31. The molecule has 0 spiro atoms. The zero-order chi connectivity index (χ0) is 15.2. The number of rotatable bonds is 7. The van der Waals surface area contributed by atoms with Gasteiger partial charge in [-0.2, -0.15) is 0 Å². The molecule has 5 nitrogen and oxygen atoms in total. The summed E-state index contributed by atoms with van der Waals surface area (Å²) in [5, 5.41) is 10.3. The number of carbonyl (C=O) groups is 1. The second-order valence-corrected chi connectivity index (χ2v) is 4.84. The number of hydrogen-bond acceptors (Lipinski definition) is 5. The van der Waals surface area contributed by atoms with E-state index in [0.29, 0.717) is 24.5 Å². The zero-order valence-electron chi connectivity index (χ0n) is 12.4. The summed E-state index contributed by atoms with van der Waals surface area (Å²) in [6.45, 7) is 3.66. The van der Waals surface area contributed by atoms with E-state index in [0.717, 1.165) is 5.56 Å². The Labute approximate surface area is 119 Å². The number of benzene rings is 1. The molecule has 5 heteroatoms. The molecule has 0 bridgehead atoms. The molecule has 20 heavy (non-hydrogen) atoms. The smallest absolute Gasteiger partial charge is 0.308 e. The molecule has 1 unspecified atom stereocenters. The third-order valence-electron chi connectivity index (χ3n) is 2.86. The van der Waals surface area contributed by atoms with Crippen LogP contribution in [0.3, 0.4) is 0 Å². The van der Waals surface area contributed by atoms with Crippen molar-refractivity contribution >= 4 is 5.97 Å². The maximum Gasteiger partial charge on any atom is 0.308 e. The van der Waals surface area contributed by atoms with Crippen LogP contribution in [0.5, 0.6) is 11.5 Å². The predicted molar refractivity (Wildman–Crippen MR) is 75.1 cm³/mol. The molecule has 0 fully saturated rings. The molecule has 1 aromatic carbocycles. The third kappa shape index (κ3) is 4.74. The van der Waals surface area contributed by atoms with E-state index in [9.17, 15) is 9.90 Å². The van der Waals surface area contributed by atoms with Crippen LogP contribution in [0.1, 0.15) is 25.8 Å². The van der Waals surface area contributed by atoms with Gasteiger partial charge >= 0.3 is 5.97 Å². The highest BCUT2D eigenvalue weighted by Gasteiger charge is 2.26. The monoisotopic (exact) mass is 282 g/mol. The quantitative estimate of drug-likeness (QED) is 0.774. The van der Waals surface area contributed by atoms with Crippen LogP contribution in [0, 0.1) is 0 Å². The van der Waals surface area contributed by atoms with Gasteiger partial charge in [0.1, 0.15) is 0 Å². The Bertz CT molecular complexity index is 454. The van der Waals surface area contributed by atoms with Crippen molar-refractivity contribution in [3.05, 3.63) is 23.8 Å². The lowest BCUT2D eigenvalue weighted by Gasteiger charge is -2.22. The molecule has 0 aliphatic heterocycles. The molecule has 0 saturated heterocycles. The Morgan fingerprint density at radius 1 is 1.25 bits per heavy atom. The Balaban J connectivity index is 2.78. The molecular weight excluding hydrogens is 260 g/mol. The summed E-state index contributed by atoms with van der Waals surface area (Å²) in [4.78, 5) is 11.4. The van der Waals surface area contributed by atoms with E-state index in [1.54, 1.807) is 40.2 Å². The van der Waals surface area contributed by atoms with Crippen molar-refractivity contribution in [1.82, 2.24) is 0 Å². The Morgan fingerprint density at radius 3 is 2.45 bits per heavy atom. The van der Waals surface area contributed by atoms with E-state index in [4.69, 9.17) is 14.2 Å². The first-order chi connectivity index (χ1) is 9.41. The van der Waals surface area contributed by atoms with Gasteiger partial charge in [-0.25, -0.2) is 0 Å². The second kappa shape index (κ2) is 7.14. The van der Waals surface area contributed by atoms with E-state index in [1.807, 2.05) is 6.07 Å². The van der Waals surface area contributed by atoms with Gasteiger partial charge in [-0.1, -0.05) is 6.07 Å². The Kier molecular flexibility index (Phi) is 5.82. The number of aliphatic hydroxyl groups is 1. The molecule has 0 amide bonds. The van der Waals surface area contributed by atoms with Crippen LogP contribution >= 0.6 is 0 Å². The van der Waals surface area contributed by atoms with E-state index < -0.39 is 11.6 Å². The van der Waals surface area contributed by atoms with Crippen molar-refractivity contribution in [2.45, 2.75) is 32.3 Å². The van der Waals surface area contributed by atoms with Crippen LogP contribution in [0.25, 0.3) is 0 Å². The minimum atomic E-state index is -1.16. The minimum absolute atomic E-state index is 0.0464. The fourth-order valence-corrected chi connectivity index (χ4v) is 2.02. The summed E-state index contributed by atoms with van der Waals surface area (Å²) in [6.07, 6.45) is 0.279. The van der Waals surface area contributed by atoms with Crippen molar-refractivity contribution in [3.8, 4) is 11.5 Å². The molecular formula is C15H22O5. The standard InChI is InChI=1S/C15H22O5/c1-5-20-14(16)10-15(2,17)9-11-6-7-12(18-3)13(8-11)19-4/h6-8,17H,5,9-10H2,1-4H3. The summed E-state index contributed by atoms with van der Waals surface area (Å²) >= 11 is 0. The summed E-state index contributed by atoms with van der Waals surface area (Å²) < 4.78 is 15.2. The minimum Gasteiger partial charge on any atom is -0.493 e. The van der Waals surface area contributed by atoms with Crippen LogP contribution in [-0.2, 0) is 16.0 Å². The Morgan fingerprint density at radius 2 is 1.90 bits per heavy atom. The number of hydrogen-bond donors (Lipinski definition) is 1. The van der Waals surface area contributed by atoms with Crippen LogP contribution in [0.2, 0.25) is 0 Å². The molecule has 0 aliphatic carbocycles. The molecule has 1 aromatic rings. The van der Waals surface area contributed by atoms with Crippen molar-refractivity contribution in [3.63, 3.8) is 0 Å². The molecule has 1 N–H and O–H groups in total. The van der Waals surface area contributed by atoms with Crippen LogP contribution in [0.15, 0.2) is 18.2 Å². The van der Waals surface area contributed by atoms with E-state index in [1.165, 1.54) is 0 Å². The normalized spacial score (nSPS) is 13.4. The van der Waals surface area contributed by atoms with Crippen molar-refractivity contribution in [1.29, 1.82) is 0 Å². The molecule has 0 saturated carbocycles. The first-order valence-electron chi connectivity index (χ1n) is 6.50. The van der Waals surface area contributed by atoms with Crippen LogP contribution < -0.4 is 9.47 Å². The summed E-state index contributed by atoms with van der Waals surface area (Å²) in [7, 11) is 3.12. The first kappa shape index (κ1) is 16.3. The average molecular weight is 282 g/mol. The molecule has 1 rings (SSSR count). The predicted octanol–water partition coefficient (Wildman–Crippen LogP) is 1.95. The summed E-state index contributed by atoms with van der Waals surface area (Å²) in [5.41, 5.74) is -0.303. The van der Waals surface area contributed by atoms with Crippen molar-refractivity contribution < 1.29 is 24.1 Å². The largest absolute Gasteiger partial charge is 0.493 e. The number of methoxy groups -OCH3 is 2. The second-order valence-electron chi connectivity index (χ2n) is 4.84. The van der Waals surface area contributed by atoms with E-state index >= 15 is 0 Å². The zero-order valence-corrected chi connectivity index (χ0v) is 12.4. The fourth-order valence-electron chi connectivity index (χ4n) is 2.02. The van der Waals surface area contributed by atoms with Gasteiger partial charge in [0.05, 0.1) is 32.8 Å². The van der Waals surface area contributed by atoms with Crippen LogP contribution in [0.4, 0.5) is 0 Å². The lowest BCUT2D eigenvalue weighted by atomic mass is 9.93. The van der Waals surface area contributed by atoms with Gasteiger partial charge in [0.2, 0.25) is 0 Å². The molecule has 0 aliphatic rings. The molecule has 0 aromatic heterocycles. The van der Waals surface area contributed by atoms with Crippen LogP contribution in [-0.4, -0.2) is 37.5 Å². The highest BCUT2D eigenvalue weighted by Crippen LogP contribution is 2.29. The van der Waals surface area contributed by atoms with Gasteiger partial charge in [-0.3, -0.25) is 4.79 Å². The number of ether oxygens (including phenoxy) is 3. The van der Waals surface area contributed by atoms with E-state index in [-0.39, 0.29) is 6.42 Å². The van der Waals surface area contributed by atoms with Gasteiger partial charge in [0.15, 0.2) is 11.5 Å². The fraction of sp³-hybridized carbons (Fsp3) is 0.533.